The van der Waals surface area contributed by atoms with Crippen LogP contribution in [0.15, 0.2) is 65.1 Å². The molecule has 34 heavy (non-hydrogen) atoms. The number of fused-ring (bicyclic) bond motifs is 1. The summed E-state index contributed by atoms with van der Waals surface area (Å²) in [5, 5.41) is 2.85. The van der Waals surface area contributed by atoms with Crippen LogP contribution in [0.25, 0.3) is 0 Å². The lowest BCUT2D eigenvalue weighted by Crippen LogP contribution is -2.38. The van der Waals surface area contributed by atoms with E-state index < -0.39 is 0 Å². The molecule has 176 valence electrons. The monoisotopic (exact) mass is 462 g/mol. The third-order valence-electron chi connectivity index (χ3n) is 5.53. The van der Waals surface area contributed by atoms with Crippen molar-refractivity contribution in [1.29, 1.82) is 0 Å². The number of nitrogens with zero attached hydrogens (tertiary/aromatic N) is 1. The Morgan fingerprint density at radius 3 is 2.68 bits per heavy atom. The molecule has 2 amide bonds. The summed E-state index contributed by atoms with van der Waals surface area (Å²) in [5.41, 5.74) is 0.856. The standard InChI is InChI=1S/C26H26N2O6/c1-3-17(2)27-26(31)24-12-10-20(34-24)14-28-21-13-18(9-11-23(21)33-16-25(28)30)22(29)15-32-19-7-5-4-6-8-19/h4-13,17H,3,14-16H2,1-2H3,(H,27,31). The number of hydrogen-bond donors (Lipinski definition) is 1. The van der Waals surface area contributed by atoms with E-state index in [-0.39, 0.29) is 49.2 Å². The van der Waals surface area contributed by atoms with Crippen LogP contribution in [-0.2, 0) is 11.3 Å². The molecule has 0 radical (unpaired) electrons. The van der Waals surface area contributed by atoms with E-state index in [4.69, 9.17) is 13.9 Å². The topological polar surface area (TPSA) is 98.1 Å². The molecule has 1 unspecified atom stereocenters. The van der Waals surface area contributed by atoms with Crippen molar-refractivity contribution in [3.63, 3.8) is 0 Å². The Bertz CT molecular complexity index is 1190. The normalized spacial score (nSPS) is 13.6. The number of ketones is 1. The van der Waals surface area contributed by atoms with Crippen LogP contribution < -0.4 is 19.7 Å². The van der Waals surface area contributed by atoms with Gasteiger partial charge < -0.3 is 19.2 Å². The number of ether oxygens (including phenoxy) is 2. The van der Waals surface area contributed by atoms with Crippen molar-refractivity contribution < 1.29 is 28.3 Å². The minimum absolute atomic E-state index is 0.0237. The third kappa shape index (κ3) is 5.28. The number of para-hydroxylation sites is 1. The van der Waals surface area contributed by atoms with Gasteiger partial charge in [-0.2, -0.15) is 0 Å². The highest BCUT2D eigenvalue weighted by molar-refractivity contribution is 6.02. The summed E-state index contributed by atoms with van der Waals surface area (Å²) in [7, 11) is 0. The zero-order valence-corrected chi connectivity index (χ0v) is 19.1. The summed E-state index contributed by atoms with van der Waals surface area (Å²) in [6, 6.07) is 17.3. The number of hydrogen-bond acceptors (Lipinski definition) is 6. The van der Waals surface area contributed by atoms with Crippen LogP contribution >= 0.6 is 0 Å². The van der Waals surface area contributed by atoms with E-state index in [2.05, 4.69) is 5.32 Å². The minimum atomic E-state index is -0.305. The smallest absolute Gasteiger partial charge is 0.287 e. The van der Waals surface area contributed by atoms with Gasteiger partial charge in [0.1, 0.15) is 17.3 Å². The van der Waals surface area contributed by atoms with Gasteiger partial charge in [0.2, 0.25) is 0 Å². The second-order valence-electron chi connectivity index (χ2n) is 8.02. The number of anilines is 1. The van der Waals surface area contributed by atoms with E-state index in [0.717, 1.165) is 6.42 Å². The summed E-state index contributed by atoms with van der Waals surface area (Å²) in [6.45, 7) is 3.73. The second kappa shape index (κ2) is 10.2. The van der Waals surface area contributed by atoms with Crippen molar-refractivity contribution in [1.82, 2.24) is 5.32 Å². The zero-order chi connectivity index (χ0) is 24.1. The Hall–Kier alpha value is -4.07. The average Bonchev–Trinajstić information content (AvgIpc) is 3.33. The molecule has 3 aromatic rings. The number of amides is 2. The quantitative estimate of drug-likeness (QED) is 0.483. The molecule has 1 atom stereocenters. The van der Waals surface area contributed by atoms with Crippen LogP contribution in [0.2, 0.25) is 0 Å². The average molecular weight is 463 g/mol. The number of rotatable bonds is 9. The molecule has 8 nitrogen and oxygen atoms in total. The van der Waals surface area contributed by atoms with Crippen molar-refractivity contribution in [2.45, 2.75) is 32.9 Å². The lowest BCUT2D eigenvalue weighted by atomic mass is 10.1. The van der Waals surface area contributed by atoms with Crippen LogP contribution in [0, 0.1) is 0 Å². The summed E-state index contributed by atoms with van der Waals surface area (Å²) < 4.78 is 16.8. The molecular formula is C26H26N2O6. The van der Waals surface area contributed by atoms with E-state index in [0.29, 0.717) is 28.5 Å². The van der Waals surface area contributed by atoms with Crippen LogP contribution in [-0.4, -0.2) is 36.9 Å². The highest BCUT2D eigenvalue weighted by atomic mass is 16.5. The zero-order valence-electron chi connectivity index (χ0n) is 19.1. The van der Waals surface area contributed by atoms with Crippen LogP contribution in [0.5, 0.6) is 11.5 Å². The molecule has 0 saturated heterocycles. The Kier molecular flexibility index (Phi) is 6.96. The molecule has 0 bridgehead atoms. The van der Waals surface area contributed by atoms with E-state index in [1.807, 2.05) is 32.0 Å². The van der Waals surface area contributed by atoms with Gasteiger partial charge in [-0.25, -0.2) is 0 Å². The van der Waals surface area contributed by atoms with Crippen LogP contribution in [0.3, 0.4) is 0 Å². The first-order valence-corrected chi connectivity index (χ1v) is 11.1. The van der Waals surface area contributed by atoms with Gasteiger partial charge in [0.15, 0.2) is 24.8 Å². The Labute approximate surface area is 197 Å². The van der Waals surface area contributed by atoms with Gasteiger partial charge in [-0.3, -0.25) is 19.3 Å². The van der Waals surface area contributed by atoms with Crippen molar-refractivity contribution in [3.8, 4) is 11.5 Å². The Morgan fingerprint density at radius 1 is 1.12 bits per heavy atom. The van der Waals surface area contributed by atoms with E-state index >= 15 is 0 Å². The van der Waals surface area contributed by atoms with Crippen LogP contribution in [0.4, 0.5) is 5.69 Å². The van der Waals surface area contributed by atoms with E-state index in [1.165, 1.54) is 4.90 Å². The lowest BCUT2D eigenvalue weighted by molar-refractivity contribution is -0.121. The first-order chi connectivity index (χ1) is 16.4. The van der Waals surface area contributed by atoms with Gasteiger partial charge in [-0.1, -0.05) is 25.1 Å². The first-order valence-electron chi connectivity index (χ1n) is 11.1. The number of benzene rings is 2. The van der Waals surface area contributed by atoms with Crippen molar-refractivity contribution >= 4 is 23.3 Å². The fraction of sp³-hybridized carbons (Fsp3) is 0.269. The maximum absolute atomic E-state index is 12.7. The van der Waals surface area contributed by atoms with Gasteiger partial charge >= 0.3 is 0 Å². The van der Waals surface area contributed by atoms with Crippen molar-refractivity contribution in [2.75, 3.05) is 18.1 Å². The molecule has 4 rings (SSSR count). The number of Topliss-reactive ketones (excluding diaryl/α,β-unsaturated/α-hetero) is 1. The van der Waals surface area contributed by atoms with E-state index in [9.17, 15) is 14.4 Å². The molecular weight excluding hydrogens is 436 g/mol. The highest BCUT2D eigenvalue weighted by Crippen LogP contribution is 2.34. The van der Waals surface area contributed by atoms with E-state index in [1.54, 1.807) is 42.5 Å². The summed E-state index contributed by atoms with van der Waals surface area (Å²) in [4.78, 5) is 39.2. The summed E-state index contributed by atoms with van der Waals surface area (Å²) >= 11 is 0. The van der Waals surface area contributed by atoms with Gasteiger partial charge in [-0.05, 0) is 55.8 Å². The molecule has 1 aliphatic heterocycles. The number of carbonyl (C=O) groups excluding carboxylic acids is 3. The molecule has 8 heteroatoms. The fourth-order valence-corrected chi connectivity index (χ4v) is 3.44. The molecule has 1 N–H and O–H groups in total. The molecule has 2 aromatic carbocycles. The molecule has 0 aliphatic carbocycles. The maximum atomic E-state index is 12.7. The number of carbonyl (C=O) groups is 3. The third-order valence-corrected chi connectivity index (χ3v) is 5.53. The minimum Gasteiger partial charge on any atom is -0.485 e. The predicted molar refractivity (Wildman–Crippen MR) is 125 cm³/mol. The fourth-order valence-electron chi connectivity index (χ4n) is 3.44. The van der Waals surface area contributed by atoms with Gasteiger partial charge in [-0.15, -0.1) is 0 Å². The van der Waals surface area contributed by atoms with Crippen LogP contribution in [0.1, 0.15) is 46.9 Å². The highest BCUT2D eigenvalue weighted by Gasteiger charge is 2.28. The predicted octanol–water partition coefficient (Wildman–Crippen LogP) is 4.00. The number of nitrogens with one attached hydrogen (secondary N) is 1. The Balaban J connectivity index is 1.49. The lowest BCUT2D eigenvalue weighted by Gasteiger charge is -2.29. The van der Waals surface area contributed by atoms with Crippen molar-refractivity contribution in [3.05, 3.63) is 77.7 Å². The molecule has 0 saturated carbocycles. The number of furan rings is 1. The van der Waals surface area contributed by atoms with Gasteiger partial charge in [0, 0.05) is 11.6 Å². The van der Waals surface area contributed by atoms with Gasteiger partial charge in [0.25, 0.3) is 11.8 Å². The summed E-state index contributed by atoms with van der Waals surface area (Å²) in [5.74, 6) is 0.895. The second-order valence-corrected chi connectivity index (χ2v) is 8.02. The SMILES string of the molecule is CCC(C)NC(=O)c1ccc(CN2C(=O)COc3ccc(C(=O)COc4ccccc4)cc32)o1. The molecule has 0 spiro atoms. The maximum Gasteiger partial charge on any atom is 0.287 e. The summed E-state index contributed by atoms with van der Waals surface area (Å²) in [6.07, 6.45) is 0.801. The molecule has 1 aliphatic rings. The molecule has 0 fully saturated rings. The van der Waals surface area contributed by atoms with Crippen molar-refractivity contribution in [2.24, 2.45) is 0 Å². The van der Waals surface area contributed by atoms with Gasteiger partial charge in [0.05, 0.1) is 12.2 Å². The largest absolute Gasteiger partial charge is 0.485 e. The molecule has 2 heterocycles. The first kappa shape index (κ1) is 23.1. The Morgan fingerprint density at radius 2 is 1.91 bits per heavy atom. The molecule has 1 aromatic heterocycles.